The molecule has 0 saturated heterocycles. The van der Waals surface area contributed by atoms with Gasteiger partial charge in [-0.2, -0.15) is 0 Å². The minimum atomic E-state index is -0.443. The highest BCUT2D eigenvalue weighted by atomic mass is 19.1. The second kappa shape index (κ2) is 6.51. The Morgan fingerprint density at radius 3 is 2.56 bits per heavy atom. The fourth-order valence-electron chi connectivity index (χ4n) is 3.02. The molecule has 1 amide bonds. The fraction of sp³-hybridized carbons (Fsp3) is 0.200. The number of amides is 1. The number of carbonyl (C=O) groups is 2. The number of fused-ring (bicyclic) bond motifs is 1. The summed E-state index contributed by atoms with van der Waals surface area (Å²) in [5, 5.41) is 0.436. The van der Waals surface area contributed by atoms with Crippen molar-refractivity contribution >= 4 is 28.4 Å². The van der Waals surface area contributed by atoms with Crippen LogP contribution in [0.4, 0.5) is 10.1 Å². The maximum absolute atomic E-state index is 13.7. The van der Waals surface area contributed by atoms with Gasteiger partial charge in [0.2, 0.25) is 5.91 Å². The highest BCUT2D eigenvalue weighted by Gasteiger charge is 2.22. The molecule has 0 aliphatic carbocycles. The van der Waals surface area contributed by atoms with Crippen LogP contribution in [0.2, 0.25) is 0 Å². The molecular formula is C20H19FN2O2. The van der Waals surface area contributed by atoms with E-state index in [0.717, 1.165) is 11.3 Å². The third kappa shape index (κ3) is 3.05. The summed E-state index contributed by atoms with van der Waals surface area (Å²) < 4.78 is 15.1. The molecule has 0 spiro atoms. The van der Waals surface area contributed by atoms with Gasteiger partial charge in [-0.05, 0) is 49.7 Å². The van der Waals surface area contributed by atoms with E-state index in [1.807, 2.05) is 38.1 Å². The zero-order valence-electron chi connectivity index (χ0n) is 14.4. The van der Waals surface area contributed by atoms with Gasteiger partial charge in [0.15, 0.2) is 0 Å². The topological polar surface area (TPSA) is 42.3 Å². The number of hydrogen-bond donors (Lipinski definition) is 0. The molecule has 4 nitrogen and oxygen atoms in total. The lowest BCUT2D eigenvalue weighted by Gasteiger charge is -2.21. The molecule has 0 atom stereocenters. The number of aryl methyl sites for hydroxylation is 1. The van der Waals surface area contributed by atoms with Gasteiger partial charge in [0, 0.05) is 30.7 Å². The molecule has 0 N–H and O–H groups in total. The number of anilines is 1. The Morgan fingerprint density at radius 1 is 1.16 bits per heavy atom. The quantitative estimate of drug-likeness (QED) is 0.709. The zero-order chi connectivity index (χ0) is 18.1. The number of nitrogens with zero attached hydrogens (tertiary/aromatic N) is 2. The summed E-state index contributed by atoms with van der Waals surface area (Å²) in [4.78, 5) is 26.6. The van der Waals surface area contributed by atoms with Crippen LogP contribution in [0.15, 0.2) is 48.7 Å². The molecule has 0 unspecified atom stereocenters. The Morgan fingerprint density at radius 2 is 1.92 bits per heavy atom. The Balaban J connectivity index is 2.15. The average Bonchev–Trinajstić information content (AvgIpc) is 2.94. The van der Waals surface area contributed by atoms with E-state index in [1.54, 1.807) is 4.90 Å². The Labute approximate surface area is 145 Å². The normalized spacial score (nSPS) is 10.9. The lowest BCUT2D eigenvalue weighted by molar-refractivity contribution is 0.0941. The minimum Gasteiger partial charge on any atom is -0.309 e. The first-order valence-electron chi connectivity index (χ1n) is 8.12. The van der Waals surface area contributed by atoms with Crippen molar-refractivity contribution in [1.82, 2.24) is 4.57 Å². The van der Waals surface area contributed by atoms with Crippen LogP contribution in [0, 0.1) is 12.7 Å². The van der Waals surface area contributed by atoms with E-state index in [0.29, 0.717) is 23.0 Å². The molecule has 3 aromatic rings. The van der Waals surface area contributed by atoms with Crippen LogP contribution in [-0.2, 0) is 0 Å². The van der Waals surface area contributed by atoms with Crippen molar-refractivity contribution in [1.29, 1.82) is 0 Å². The molecule has 0 radical (unpaired) electrons. The third-order valence-electron chi connectivity index (χ3n) is 4.21. The molecule has 2 aromatic carbocycles. The first-order valence-corrected chi connectivity index (χ1v) is 8.12. The number of rotatable bonds is 3. The van der Waals surface area contributed by atoms with Gasteiger partial charge in [0.1, 0.15) is 5.82 Å². The maximum Gasteiger partial charge on any atom is 0.260 e. The minimum absolute atomic E-state index is 0.228. The van der Waals surface area contributed by atoms with Crippen LogP contribution < -0.4 is 4.90 Å². The van der Waals surface area contributed by atoms with Gasteiger partial charge in [0.25, 0.3) is 5.91 Å². The second-order valence-corrected chi connectivity index (χ2v) is 5.98. The average molecular weight is 338 g/mol. The van der Waals surface area contributed by atoms with Gasteiger partial charge < -0.3 is 4.90 Å². The standard InChI is InChI=1S/C20H19FN2O2/c1-4-22(16-7-5-6-13(2)10-16)20(25)18-12-23(14(3)24)19-9-8-15(21)11-17(18)19/h5-12H,4H2,1-3H3. The van der Waals surface area contributed by atoms with Gasteiger partial charge in [-0.15, -0.1) is 0 Å². The summed E-state index contributed by atoms with van der Waals surface area (Å²) >= 11 is 0. The summed E-state index contributed by atoms with van der Waals surface area (Å²) in [6, 6.07) is 11.7. The van der Waals surface area contributed by atoms with Crippen LogP contribution in [-0.4, -0.2) is 22.9 Å². The first kappa shape index (κ1) is 16.9. The molecule has 25 heavy (non-hydrogen) atoms. The van der Waals surface area contributed by atoms with Gasteiger partial charge >= 0.3 is 0 Å². The molecule has 128 valence electrons. The summed E-state index contributed by atoms with van der Waals surface area (Å²) in [6.07, 6.45) is 1.49. The maximum atomic E-state index is 13.7. The highest BCUT2D eigenvalue weighted by molar-refractivity contribution is 6.15. The molecule has 0 fully saturated rings. The molecule has 1 aromatic heterocycles. The summed E-state index contributed by atoms with van der Waals surface area (Å²) in [6.45, 7) is 5.71. The highest BCUT2D eigenvalue weighted by Crippen LogP contribution is 2.26. The van der Waals surface area contributed by atoms with Gasteiger partial charge in [0.05, 0.1) is 11.1 Å². The number of benzene rings is 2. The lowest BCUT2D eigenvalue weighted by atomic mass is 10.1. The van der Waals surface area contributed by atoms with Crippen molar-refractivity contribution in [2.45, 2.75) is 20.8 Å². The molecule has 3 rings (SSSR count). The van der Waals surface area contributed by atoms with Crippen molar-refractivity contribution in [3.8, 4) is 0 Å². The smallest absolute Gasteiger partial charge is 0.260 e. The molecule has 1 heterocycles. The molecular weight excluding hydrogens is 319 g/mol. The molecule has 0 bridgehead atoms. The summed E-state index contributed by atoms with van der Waals surface area (Å²) in [5.74, 6) is -0.931. The van der Waals surface area contributed by atoms with E-state index >= 15 is 0 Å². The fourth-order valence-corrected chi connectivity index (χ4v) is 3.02. The molecule has 5 heteroatoms. The lowest BCUT2D eigenvalue weighted by Crippen LogP contribution is -2.30. The predicted molar refractivity (Wildman–Crippen MR) is 96.7 cm³/mol. The van der Waals surface area contributed by atoms with E-state index in [4.69, 9.17) is 0 Å². The molecule has 0 saturated carbocycles. The number of hydrogen-bond acceptors (Lipinski definition) is 2. The van der Waals surface area contributed by atoms with Crippen molar-refractivity contribution in [2.24, 2.45) is 0 Å². The van der Waals surface area contributed by atoms with Gasteiger partial charge in [-0.3, -0.25) is 14.2 Å². The number of halogens is 1. The van der Waals surface area contributed by atoms with Crippen LogP contribution >= 0.6 is 0 Å². The zero-order valence-corrected chi connectivity index (χ0v) is 14.4. The Hall–Kier alpha value is -2.95. The van der Waals surface area contributed by atoms with Crippen LogP contribution in [0.25, 0.3) is 10.9 Å². The van der Waals surface area contributed by atoms with Crippen LogP contribution in [0.1, 0.15) is 34.6 Å². The van der Waals surface area contributed by atoms with Crippen LogP contribution in [0.5, 0.6) is 0 Å². The van der Waals surface area contributed by atoms with Gasteiger partial charge in [-0.25, -0.2) is 4.39 Å². The first-order chi connectivity index (χ1) is 11.9. The Kier molecular flexibility index (Phi) is 4.40. The number of carbonyl (C=O) groups excluding carboxylic acids is 2. The van der Waals surface area contributed by atoms with E-state index in [1.165, 1.54) is 35.9 Å². The monoisotopic (exact) mass is 338 g/mol. The van der Waals surface area contributed by atoms with E-state index in [-0.39, 0.29) is 11.8 Å². The van der Waals surface area contributed by atoms with Crippen LogP contribution in [0.3, 0.4) is 0 Å². The summed E-state index contributed by atoms with van der Waals surface area (Å²) in [7, 11) is 0. The van der Waals surface area contributed by atoms with Crippen molar-refractivity contribution in [3.63, 3.8) is 0 Å². The third-order valence-corrected chi connectivity index (χ3v) is 4.21. The second-order valence-electron chi connectivity index (χ2n) is 5.98. The SMILES string of the molecule is CCN(C(=O)c1cn(C(C)=O)c2ccc(F)cc12)c1cccc(C)c1. The van der Waals surface area contributed by atoms with Crippen molar-refractivity contribution < 1.29 is 14.0 Å². The van der Waals surface area contributed by atoms with Gasteiger partial charge in [-0.1, -0.05) is 12.1 Å². The van der Waals surface area contributed by atoms with Crippen molar-refractivity contribution in [2.75, 3.05) is 11.4 Å². The summed E-state index contributed by atoms with van der Waals surface area (Å²) in [5.41, 5.74) is 2.65. The predicted octanol–water partition coefficient (Wildman–Crippen LogP) is 4.42. The van der Waals surface area contributed by atoms with Crippen molar-refractivity contribution in [3.05, 3.63) is 65.6 Å². The van der Waals surface area contributed by atoms with E-state index in [2.05, 4.69) is 0 Å². The molecule has 0 aliphatic rings. The van der Waals surface area contributed by atoms with E-state index < -0.39 is 5.82 Å². The largest absolute Gasteiger partial charge is 0.309 e. The number of aromatic nitrogens is 1. The molecule has 0 aliphatic heterocycles. The van der Waals surface area contributed by atoms with E-state index in [9.17, 15) is 14.0 Å². The Bertz CT molecular complexity index is 975.